The second-order valence-electron chi connectivity index (χ2n) is 4.51. The van der Waals surface area contributed by atoms with Crippen molar-refractivity contribution in [1.82, 2.24) is 5.32 Å². The maximum absolute atomic E-state index is 11.1. The number of nitrogens with two attached hydrogens (primary N) is 1. The molecule has 2 aliphatic rings. The Labute approximate surface area is 79.1 Å². The molecule has 0 aromatic carbocycles. The van der Waals surface area contributed by atoms with E-state index in [1.165, 1.54) is 12.8 Å². The molecule has 0 radical (unpaired) electrons. The fourth-order valence-electron chi connectivity index (χ4n) is 3.02. The molecule has 3 N–H and O–H groups in total. The SMILES string of the molecule is CC(C(N)=O)C1CCC2CNCC21. The van der Waals surface area contributed by atoms with Gasteiger partial charge in [-0.2, -0.15) is 0 Å². The molecule has 3 nitrogen and oxygen atoms in total. The number of primary amides is 1. The minimum Gasteiger partial charge on any atom is -0.369 e. The molecular formula is C10H18N2O. The lowest BCUT2D eigenvalue weighted by molar-refractivity contribution is -0.123. The maximum Gasteiger partial charge on any atom is 0.220 e. The van der Waals surface area contributed by atoms with Gasteiger partial charge in [-0.15, -0.1) is 0 Å². The largest absolute Gasteiger partial charge is 0.369 e. The summed E-state index contributed by atoms with van der Waals surface area (Å²) in [4.78, 5) is 11.1. The van der Waals surface area contributed by atoms with E-state index in [0.717, 1.165) is 19.0 Å². The molecule has 0 aromatic rings. The zero-order valence-corrected chi connectivity index (χ0v) is 8.12. The molecule has 4 unspecified atom stereocenters. The van der Waals surface area contributed by atoms with Crippen LogP contribution in [-0.4, -0.2) is 19.0 Å². The molecule has 1 aliphatic carbocycles. The standard InChI is InChI=1S/C10H18N2O/c1-6(10(11)13)8-3-2-7-4-12-5-9(7)8/h6-9,12H,2-5H2,1H3,(H2,11,13). The van der Waals surface area contributed by atoms with Crippen molar-refractivity contribution in [1.29, 1.82) is 0 Å². The Kier molecular flexibility index (Phi) is 2.28. The first kappa shape index (κ1) is 9.00. The molecule has 0 spiro atoms. The Hall–Kier alpha value is -0.570. The molecule has 74 valence electrons. The van der Waals surface area contributed by atoms with Crippen molar-refractivity contribution < 1.29 is 4.79 Å². The summed E-state index contributed by atoms with van der Waals surface area (Å²) in [6.45, 7) is 4.22. The third kappa shape index (κ3) is 1.46. The van der Waals surface area contributed by atoms with Gasteiger partial charge < -0.3 is 11.1 Å². The molecule has 2 rings (SSSR count). The quantitative estimate of drug-likeness (QED) is 0.647. The first-order valence-electron chi connectivity index (χ1n) is 5.20. The number of rotatable bonds is 2. The first-order chi connectivity index (χ1) is 6.20. The molecule has 13 heavy (non-hydrogen) atoms. The molecule has 3 heteroatoms. The molecule has 1 saturated carbocycles. The van der Waals surface area contributed by atoms with Crippen LogP contribution < -0.4 is 11.1 Å². The van der Waals surface area contributed by atoms with Crippen LogP contribution in [0.5, 0.6) is 0 Å². The van der Waals surface area contributed by atoms with E-state index in [4.69, 9.17) is 5.73 Å². The van der Waals surface area contributed by atoms with Crippen LogP contribution in [0, 0.1) is 23.7 Å². The number of amides is 1. The first-order valence-corrected chi connectivity index (χ1v) is 5.20. The number of fused-ring (bicyclic) bond motifs is 1. The van der Waals surface area contributed by atoms with Crippen molar-refractivity contribution in [2.45, 2.75) is 19.8 Å². The van der Waals surface area contributed by atoms with E-state index in [1.807, 2.05) is 6.92 Å². The van der Waals surface area contributed by atoms with Crippen molar-refractivity contribution in [3.8, 4) is 0 Å². The third-order valence-corrected chi connectivity index (χ3v) is 3.90. The van der Waals surface area contributed by atoms with E-state index < -0.39 is 0 Å². The second-order valence-corrected chi connectivity index (χ2v) is 4.51. The van der Waals surface area contributed by atoms with E-state index in [2.05, 4.69) is 5.32 Å². The highest BCUT2D eigenvalue weighted by Gasteiger charge is 2.42. The van der Waals surface area contributed by atoms with Crippen molar-refractivity contribution in [2.24, 2.45) is 29.4 Å². The van der Waals surface area contributed by atoms with Gasteiger partial charge in [-0.1, -0.05) is 6.92 Å². The van der Waals surface area contributed by atoms with Gasteiger partial charge in [0.25, 0.3) is 0 Å². The Bertz CT molecular complexity index is 217. The van der Waals surface area contributed by atoms with E-state index in [-0.39, 0.29) is 11.8 Å². The summed E-state index contributed by atoms with van der Waals surface area (Å²) in [5.41, 5.74) is 5.34. The topological polar surface area (TPSA) is 55.1 Å². The molecule has 2 fully saturated rings. The zero-order chi connectivity index (χ0) is 9.42. The highest BCUT2D eigenvalue weighted by atomic mass is 16.1. The minimum atomic E-state index is -0.127. The van der Waals surface area contributed by atoms with Crippen molar-refractivity contribution >= 4 is 5.91 Å². The predicted octanol–water partition coefficient (Wildman–Crippen LogP) is 0.353. The van der Waals surface area contributed by atoms with E-state index >= 15 is 0 Å². The molecule has 1 heterocycles. The average molecular weight is 182 g/mol. The lowest BCUT2D eigenvalue weighted by Gasteiger charge is -2.22. The summed E-state index contributed by atoms with van der Waals surface area (Å²) >= 11 is 0. The Morgan fingerprint density at radius 2 is 2.23 bits per heavy atom. The predicted molar refractivity (Wildman–Crippen MR) is 50.9 cm³/mol. The lowest BCUT2D eigenvalue weighted by Crippen LogP contribution is -2.31. The van der Waals surface area contributed by atoms with Crippen LogP contribution >= 0.6 is 0 Å². The molecule has 1 saturated heterocycles. The summed E-state index contributed by atoms with van der Waals surface area (Å²) in [5, 5.41) is 3.40. The van der Waals surface area contributed by atoms with E-state index in [1.54, 1.807) is 0 Å². The number of nitrogens with one attached hydrogen (secondary N) is 1. The fourth-order valence-corrected chi connectivity index (χ4v) is 3.02. The van der Waals surface area contributed by atoms with Crippen molar-refractivity contribution in [2.75, 3.05) is 13.1 Å². The molecule has 1 amide bonds. The highest BCUT2D eigenvalue weighted by Crippen LogP contribution is 2.42. The van der Waals surface area contributed by atoms with E-state index in [0.29, 0.717) is 11.8 Å². The summed E-state index contributed by atoms with van der Waals surface area (Å²) < 4.78 is 0. The maximum atomic E-state index is 11.1. The van der Waals surface area contributed by atoms with Crippen LogP contribution in [-0.2, 0) is 4.79 Å². The molecular weight excluding hydrogens is 164 g/mol. The van der Waals surface area contributed by atoms with Crippen LogP contribution in [0.3, 0.4) is 0 Å². The normalized spacial score (nSPS) is 40.2. The van der Waals surface area contributed by atoms with Crippen LogP contribution in [0.2, 0.25) is 0 Å². The minimum absolute atomic E-state index is 0.0647. The molecule has 0 aromatic heterocycles. The molecule has 4 atom stereocenters. The number of carbonyl (C=O) groups excluding carboxylic acids is 1. The van der Waals surface area contributed by atoms with Gasteiger partial charge in [0.1, 0.15) is 0 Å². The third-order valence-electron chi connectivity index (χ3n) is 3.90. The lowest BCUT2D eigenvalue weighted by atomic mass is 9.83. The Morgan fingerprint density at radius 3 is 2.92 bits per heavy atom. The summed E-state index contributed by atoms with van der Waals surface area (Å²) in [7, 11) is 0. The highest BCUT2D eigenvalue weighted by molar-refractivity contribution is 5.76. The van der Waals surface area contributed by atoms with Crippen LogP contribution in [0.1, 0.15) is 19.8 Å². The Morgan fingerprint density at radius 1 is 1.46 bits per heavy atom. The number of carbonyl (C=O) groups is 1. The van der Waals surface area contributed by atoms with Gasteiger partial charge in [0.15, 0.2) is 0 Å². The van der Waals surface area contributed by atoms with Gasteiger partial charge in [-0.3, -0.25) is 4.79 Å². The summed E-state index contributed by atoms with van der Waals surface area (Å²) in [5.74, 6) is 2.00. The van der Waals surface area contributed by atoms with Gasteiger partial charge in [-0.25, -0.2) is 0 Å². The fraction of sp³-hybridized carbons (Fsp3) is 0.900. The van der Waals surface area contributed by atoms with Crippen molar-refractivity contribution in [3.05, 3.63) is 0 Å². The van der Waals surface area contributed by atoms with Gasteiger partial charge in [0, 0.05) is 5.92 Å². The number of hydrogen-bond donors (Lipinski definition) is 2. The second kappa shape index (κ2) is 3.29. The van der Waals surface area contributed by atoms with Gasteiger partial charge in [0.2, 0.25) is 5.91 Å². The van der Waals surface area contributed by atoms with Crippen LogP contribution in [0.25, 0.3) is 0 Å². The molecule has 1 aliphatic heterocycles. The summed E-state index contributed by atoms with van der Waals surface area (Å²) in [6.07, 6.45) is 2.47. The van der Waals surface area contributed by atoms with Gasteiger partial charge in [-0.05, 0) is 43.7 Å². The monoisotopic (exact) mass is 182 g/mol. The smallest absolute Gasteiger partial charge is 0.220 e. The van der Waals surface area contributed by atoms with E-state index in [9.17, 15) is 4.79 Å². The summed E-state index contributed by atoms with van der Waals surface area (Å²) in [6, 6.07) is 0. The van der Waals surface area contributed by atoms with Gasteiger partial charge >= 0.3 is 0 Å². The zero-order valence-electron chi connectivity index (χ0n) is 8.12. The Balaban J connectivity index is 2.04. The van der Waals surface area contributed by atoms with Crippen LogP contribution in [0.15, 0.2) is 0 Å². The van der Waals surface area contributed by atoms with Crippen molar-refractivity contribution in [3.63, 3.8) is 0 Å². The van der Waals surface area contributed by atoms with Crippen LogP contribution in [0.4, 0.5) is 0 Å². The van der Waals surface area contributed by atoms with Gasteiger partial charge in [0.05, 0.1) is 0 Å². The number of hydrogen-bond acceptors (Lipinski definition) is 2. The average Bonchev–Trinajstić information content (AvgIpc) is 2.61. The molecule has 0 bridgehead atoms.